The van der Waals surface area contributed by atoms with E-state index >= 15 is 0 Å². The average molecular weight is 332 g/mol. The molecule has 0 saturated carbocycles. The molecule has 1 N–H and O–H groups in total. The first-order valence-corrected chi connectivity index (χ1v) is 9.82. The molecule has 0 amide bonds. The predicted molar refractivity (Wildman–Crippen MR) is 103 cm³/mol. The van der Waals surface area contributed by atoms with Crippen LogP contribution in [-0.2, 0) is 6.54 Å². The van der Waals surface area contributed by atoms with Crippen molar-refractivity contribution in [2.75, 3.05) is 13.1 Å². The van der Waals surface area contributed by atoms with E-state index in [-0.39, 0.29) is 5.41 Å². The Morgan fingerprint density at radius 3 is 2.88 bits per heavy atom. The lowest BCUT2D eigenvalue weighted by atomic mass is 9.65. The van der Waals surface area contributed by atoms with E-state index in [1.807, 2.05) is 0 Å². The Kier molecular flexibility index (Phi) is 3.46. The number of nitrogens with zero attached hydrogens (tertiary/aromatic N) is 1. The molecule has 0 radical (unpaired) electrons. The molecule has 5 bridgehead atoms. The molecule has 0 saturated heterocycles. The summed E-state index contributed by atoms with van der Waals surface area (Å²) >= 11 is 0. The van der Waals surface area contributed by atoms with E-state index in [0.717, 1.165) is 19.6 Å². The van der Waals surface area contributed by atoms with Gasteiger partial charge in [0.1, 0.15) is 0 Å². The summed E-state index contributed by atoms with van der Waals surface area (Å²) in [6.45, 7) is 8.19. The average Bonchev–Trinajstić information content (AvgIpc) is 2.95. The number of rotatable bonds is 2. The third-order valence-electron chi connectivity index (χ3n) is 7.28. The number of fused-ring (bicyclic) bond motifs is 1. The van der Waals surface area contributed by atoms with Gasteiger partial charge in [-0.15, -0.1) is 0 Å². The van der Waals surface area contributed by atoms with Crippen molar-refractivity contribution in [1.29, 1.82) is 0 Å². The van der Waals surface area contributed by atoms with E-state index in [1.54, 1.807) is 22.4 Å². The van der Waals surface area contributed by atoms with Crippen LogP contribution < -0.4 is 5.32 Å². The first-order chi connectivity index (χ1) is 12.2. The molecule has 0 fully saturated rings. The van der Waals surface area contributed by atoms with Crippen LogP contribution in [0, 0.1) is 11.3 Å². The van der Waals surface area contributed by atoms with Crippen molar-refractivity contribution >= 4 is 0 Å². The zero-order valence-electron chi connectivity index (χ0n) is 15.4. The Morgan fingerprint density at radius 1 is 1.20 bits per heavy atom. The Labute approximate surface area is 151 Å². The van der Waals surface area contributed by atoms with Gasteiger partial charge in [-0.1, -0.05) is 61.9 Å². The van der Waals surface area contributed by atoms with Crippen molar-refractivity contribution in [2.24, 2.45) is 11.3 Å². The minimum absolute atomic E-state index is 0.271. The highest BCUT2D eigenvalue weighted by atomic mass is 15.2. The van der Waals surface area contributed by atoms with Gasteiger partial charge in [-0.25, -0.2) is 0 Å². The molecule has 0 aromatic heterocycles. The number of nitrogens with one attached hydrogen (secondary N) is 1. The number of hydrogen-bond donors (Lipinski definition) is 1. The summed E-state index contributed by atoms with van der Waals surface area (Å²) in [6, 6.07) is 11.7. The molecule has 3 atom stereocenters. The fraction of sp³-hybridized carbons (Fsp3) is 0.478. The maximum Gasteiger partial charge on any atom is 0.0429 e. The fourth-order valence-electron chi connectivity index (χ4n) is 5.72. The van der Waals surface area contributed by atoms with Gasteiger partial charge >= 0.3 is 0 Å². The standard InChI is InChI=1S/C23H28N2/c1-16-22-13-19-18-9-6-12-24-15-23(16,2)20(18)10-11-21(19)25(22)14-17-7-4-3-5-8-17/h3-9,16,22,24H,10-15H2,1-2H3. The lowest BCUT2D eigenvalue weighted by molar-refractivity contribution is 0.105. The van der Waals surface area contributed by atoms with Gasteiger partial charge in [-0.3, -0.25) is 0 Å². The van der Waals surface area contributed by atoms with Crippen LogP contribution in [-0.4, -0.2) is 24.0 Å². The van der Waals surface area contributed by atoms with E-state index in [4.69, 9.17) is 0 Å². The first-order valence-electron chi connectivity index (χ1n) is 9.82. The second kappa shape index (κ2) is 5.60. The Balaban J connectivity index is 1.64. The maximum absolute atomic E-state index is 3.69. The zero-order chi connectivity index (χ0) is 17.0. The van der Waals surface area contributed by atoms with E-state index in [1.165, 1.54) is 24.8 Å². The molecule has 25 heavy (non-hydrogen) atoms. The van der Waals surface area contributed by atoms with Gasteiger partial charge in [0.15, 0.2) is 0 Å². The Bertz CT molecular complexity index is 786. The van der Waals surface area contributed by atoms with Gasteiger partial charge in [0.2, 0.25) is 0 Å². The van der Waals surface area contributed by atoms with Crippen LogP contribution in [0.5, 0.6) is 0 Å². The molecule has 4 aliphatic rings. The maximum atomic E-state index is 3.69. The predicted octanol–water partition coefficient (Wildman–Crippen LogP) is 4.42. The summed E-state index contributed by atoms with van der Waals surface area (Å²) < 4.78 is 0. The second-order valence-corrected chi connectivity index (χ2v) is 8.44. The fourth-order valence-corrected chi connectivity index (χ4v) is 5.72. The van der Waals surface area contributed by atoms with Crippen LogP contribution in [0.3, 0.4) is 0 Å². The number of benzene rings is 1. The van der Waals surface area contributed by atoms with E-state index in [9.17, 15) is 0 Å². The normalized spacial score (nSPS) is 33.6. The molecule has 2 aliphatic heterocycles. The van der Waals surface area contributed by atoms with Gasteiger partial charge in [0, 0.05) is 36.8 Å². The SMILES string of the molecule is CC1C2CC3=C(CCC4=C3C=CCNCC41C)N2Cc1ccccc1. The molecule has 3 unspecified atom stereocenters. The lowest BCUT2D eigenvalue weighted by Crippen LogP contribution is -2.49. The van der Waals surface area contributed by atoms with Crippen molar-refractivity contribution in [3.8, 4) is 0 Å². The number of hydrogen-bond acceptors (Lipinski definition) is 2. The summed E-state index contributed by atoms with van der Waals surface area (Å²) in [5.74, 6) is 0.663. The molecular formula is C23H28N2. The molecule has 1 aromatic rings. The molecule has 130 valence electrons. The summed E-state index contributed by atoms with van der Waals surface area (Å²) in [5, 5.41) is 3.69. The van der Waals surface area contributed by atoms with Gasteiger partial charge in [-0.05, 0) is 41.9 Å². The van der Waals surface area contributed by atoms with Crippen LogP contribution in [0.15, 0.2) is 64.9 Å². The molecule has 2 heteroatoms. The molecular weight excluding hydrogens is 304 g/mol. The minimum Gasteiger partial charge on any atom is -0.367 e. The van der Waals surface area contributed by atoms with Crippen molar-refractivity contribution in [1.82, 2.24) is 10.2 Å². The molecule has 0 spiro atoms. The van der Waals surface area contributed by atoms with Crippen LogP contribution in [0.25, 0.3) is 0 Å². The minimum atomic E-state index is 0.271. The van der Waals surface area contributed by atoms with Gasteiger partial charge in [-0.2, -0.15) is 0 Å². The van der Waals surface area contributed by atoms with Gasteiger partial charge < -0.3 is 10.2 Å². The number of allylic oxidation sites excluding steroid dienone is 3. The molecule has 2 nitrogen and oxygen atoms in total. The summed E-state index contributed by atoms with van der Waals surface area (Å²) in [7, 11) is 0. The smallest absolute Gasteiger partial charge is 0.0429 e. The highest BCUT2D eigenvalue weighted by Gasteiger charge is 2.50. The highest BCUT2D eigenvalue weighted by Crippen LogP contribution is 2.56. The van der Waals surface area contributed by atoms with Crippen molar-refractivity contribution in [3.05, 3.63) is 70.5 Å². The van der Waals surface area contributed by atoms with Crippen LogP contribution >= 0.6 is 0 Å². The summed E-state index contributed by atoms with van der Waals surface area (Å²) in [5.41, 5.74) is 8.33. The van der Waals surface area contributed by atoms with Crippen molar-refractivity contribution < 1.29 is 0 Å². The summed E-state index contributed by atoms with van der Waals surface area (Å²) in [4.78, 5) is 2.76. The van der Waals surface area contributed by atoms with Gasteiger partial charge in [0.05, 0.1) is 0 Å². The van der Waals surface area contributed by atoms with E-state index in [0.29, 0.717) is 12.0 Å². The first kappa shape index (κ1) is 15.5. The van der Waals surface area contributed by atoms with Gasteiger partial charge in [0.25, 0.3) is 0 Å². The van der Waals surface area contributed by atoms with Crippen LogP contribution in [0.4, 0.5) is 0 Å². The second-order valence-electron chi connectivity index (χ2n) is 8.44. The molecule has 2 aliphatic carbocycles. The topological polar surface area (TPSA) is 15.3 Å². The van der Waals surface area contributed by atoms with Crippen LogP contribution in [0.1, 0.15) is 38.7 Å². The van der Waals surface area contributed by atoms with Crippen molar-refractivity contribution in [2.45, 2.75) is 45.7 Å². The Morgan fingerprint density at radius 2 is 2.04 bits per heavy atom. The number of likely N-dealkylation sites (tertiary alicyclic amines) is 1. The quantitative estimate of drug-likeness (QED) is 0.862. The molecule has 2 heterocycles. The van der Waals surface area contributed by atoms with E-state index in [2.05, 4.69) is 66.5 Å². The summed E-state index contributed by atoms with van der Waals surface area (Å²) in [6.07, 6.45) is 8.46. The third-order valence-corrected chi connectivity index (χ3v) is 7.28. The molecule has 5 rings (SSSR count). The Hall–Kier alpha value is -1.80. The third kappa shape index (κ3) is 2.20. The molecule has 1 aromatic carbocycles. The highest BCUT2D eigenvalue weighted by molar-refractivity contribution is 5.55. The lowest BCUT2D eigenvalue weighted by Gasteiger charge is -2.48. The van der Waals surface area contributed by atoms with Crippen LogP contribution in [0.2, 0.25) is 0 Å². The van der Waals surface area contributed by atoms with Crippen molar-refractivity contribution in [3.63, 3.8) is 0 Å². The monoisotopic (exact) mass is 332 g/mol. The zero-order valence-corrected chi connectivity index (χ0v) is 15.4. The largest absolute Gasteiger partial charge is 0.367 e. The van der Waals surface area contributed by atoms with E-state index < -0.39 is 0 Å².